The van der Waals surface area contributed by atoms with Gasteiger partial charge in [0.15, 0.2) is 17.5 Å². The molecular formula is C25H19Cl2NO4. The van der Waals surface area contributed by atoms with Gasteiger partial charge in [0, 0.05) is 18.1 Å². The topological polar surface area (TPSA) is 76.4 Å². The number of ether oxygens (including phenoxy) is 2. The first kappa shape index (κ1) is 23.3. The summed E-state index contributed by atoms with van der Waals surface area (Å²) in [7, 11) is 0. The van der Waals surface area contributed by atoms with Gasteiger partial charge in [-0.15, -0.1) is 0 Å². The van der Waals surface area contributed by atoms with Crippen molar-refractivity contribution in [3.63, 3.8) is 0 Å². The van der Waals surface area contributed by atoms with Crippen molar-refractivity contribution in [2.45, 2.75) is 13.3 Å². The van der Waals surface area contributed by atoms with Gasteiger partial charge in [-0.1, -0.05) is 59.6 Å². The van der Waals surface area contributed by atoms with Gasteiger partial charge in [0.05, 0.1) is 22.7 Å². The van der Waals surface area contributed by atoms with Crippen LogP contribution in [-0.4, -0.2) is 18.2 Å². The number of carbonyl (C=O) groups excluding carboxylic acids is 2. The zero-order valence-corrected chi connectivity index (χ0v) is 18.7. The van der Waals surface area contributed by atoms with Crippen LogP contribution in [0.1, 0.15) is 22.3 Å². The number of aryl methyl sites for hydroxylation is 1. The minimum Gasteiger partial charge on any atom is -0.491 e. The molecule has 0 saturated carbocycles. The van der Waals surface area contributed by atoms with Crippen LogP contribution in [0.3, 0.4) is 0 Å². The standard InChI is InChI=1S/C25H19Cl2NO4/c1-16-7-10-23(21(27)13-16)32-18-8-9-20(26)24(14-18)31-12-11-22(29)19(15-28)25(30)17-5-3-2-4-6-17/h2-10,13-14,19H,11-12H2,1H3. The summed E-state index contributed by atoms with van der Waals surface area (Å²) in [5.41, 5.74) is 1.32. The average Bonchev–Trinajstić information content (AvgIpc) is 2.78. The third-order valence-electron chi connectivity index (χ3n) is 4.60. The van der Waals surface area contributed by atoms with Gasteiger partial charge >= 0.3 is 0 Å². The molecule has 0 N–H and O–H groups in total. The van der Waals surface area contributed by atoms with E-state index in [2.05, 4.69) is 0 Å². The molecule has 0 fully saturated rings. The highest BCUT2D eigenvalue weighted by Gasteiger charge is 2.27. The Morgan fingerprint density at radius 1 is 0.969 bits per heavy atom. The van der Waals surface area contributed by atoms with Gasteiger partial charge < -0.3 is 9.47 Å². The summed E-state index contributed by atoms with van der Waals surface area (Å²) < 4.78 is 11.4. The van der Waals surface area contributed by atoms with E-state index >= 15 is 0 Å². The second-order valence-corrected chi connectivity index (χ2v) is 7.80. The van der Waals surface area contributed by atoms with Crippen LogP contribution >= 0.6 is 23.2 Å². The Kier molecular flexibility index (Phi) is 7.88. The lowest BCUT2D eigenvalue weighted by Gasteiger charge is -2.12. The molecule has 0 radical (unpaired) electrons. The van der Waals surface area contributed by atoms with E-state index in [0.29, 0.717) is 32.9 Å². The van der Waals surface area contributed by atoms with Gasteiger partial charge in [0.1, 0.15) is 17.2 Å². The molecule has 0 bridgehead atoms. The Balaban J connectivity index is 1.62. The Morgan fingerprint density at radius 3 is 2.41 bits per heavy atom. The van der Waals surface area contributed by atoms with Crippen LogP contribution in [0.5, 0.6) is 17.2 Å². The van der Waals surface area contributed by atoms with Crippen molar-refractivity contribution in [3.05, 3.63) is 87.9 Å². The van der Waals surface area contributed by atoms with Crippen LogP contribution in [-0.2, 0) is 4.79 Å². The van der Waals surface area contributed by atoms with Gasteiger partial charge in [-0.3, -0.25) is 9.59 Å². The van der Waals surface area contributed by atoms with E-state index < -0.39 is 17.5 Å². The minimum atomic E-state index is -1.38. The highest BCUT2D eigenvalue weighted by Crippen LogP contribution is 2.34. The van der Waals surface area contributed by atoms with Crippen molar-refractivity contribution in [1.29, 1.82) is 5.26 Å². The van der Waals surface area contributed by atoms with Gasteiger partial charge in [0.25, 0.3) is 0 Å². The second kappa shape index (κ2) is 10.8. The summed E-state index contributed by atoms with van der Waals surface area (Å²) >= 11 is 12.4. The first-order chi connectivity index (χ1) is 15.4. The molecule has 3 rings (SSSR count). The Hall–Kier alpha value is -3.33. The molecule has 1 unspecified atom stereocenters. The van der Waals surface area contributed by atoms with Gasteiger partial charge in [-0.2, -0.15) is 5.26 Å². The number of Topliss-reactive ketones (excluding diaryl/α,β-unsaturated/α-hetero) is 2. The molecule has 162 valence electrons. The first-order valence-electron chi connectivity index (χ1n) is 9.77. The fraction of sp³-hybridized carbons (Fsp3) is 0.160. The zero-order valence-electron chi connectivity index (χ0n) is 17.2. The van der Waals surface area contributed by atoms with E-state index in [1.807, 2.05) is 13.0 Å². The SMILES string of the molecule is Cc1ccc(Oc2ccc(Cl)c(OCCC(=O)C(C#N)C(=O)c3ccccc3)c2)c(Cl)c1. The lowest BCUT2D eigenvalue weighted by Crippen LogP contribution is -2.24. The fourth-order valence-corrected chi connectivity index (χ4v) is 3.37. The molecule has 0 spiro atoms. The van der Waals surface area contributed by atoms with Gasteiger partial charge in [-0.25, -0.2) is 0 Å². The molecule has 0 heterocycles. The molecule has 0 aliphatic rings. The van der Waals surface area contributed by atoms with E-state index in [0.717, 1.165) is 5.56 Å². The lowest BCUT2D eigenvalue weighted by molar-refractivity contribution is -0.120. The number of hydrogen-bond donors (Lipinski definition) is 0. The van der Waals surface area contributed by atoms with Gasteiger partial charge in [0.2, 0.25) is 0 Å². The zero-order chi connectivity index (χ0) is 23.1. The molecular weight excluding hydrogens is 449 g/mol. The number of benzene rings is 3. The maximum Gasteiger partial charge on any atom is 0.187 e. The van der Waals surface area contributed by atoms with E-state index in [-0.39, 0.29) is 13.0 Å². The summed E-state index contributed by atoms with van der Waals surface area (Å²) in [5.74, 6) is -1.18. The number of hydrogen-bond acceptors (Lipinski definition) is 5. The molecule has 32 heavy (non-hydrogen) atoms. The third kappa shape index (κ3) is 5.88. The molecule has 0 aromatic heterocycles. The molecule has 3 aromatic rings. The van der Waals surface area contributed by atoms with Crippen LogP contribution in [0.25, 0.3) is 0 Å². The molecule has 5 nitrogen and oxygen atoms in total. The number of halogens is 2. The van der Waals surface area contributed by atoms with E-state index in [1.54, 1.807) is 66.7 Å². The minimum absolute atomic E-state index is 0.0481. The van der Waals surface area contributed by atoms with Crippen molar-refractivity contribution in [3.8, 4) is 23.3 Å². The number of rotatable bonds is 9. The molecule has 3 aromatic carbocycles. The third-order valence-corrected chi connectivity index (χ3v) is 5.20. The summed E-state index contributed by atoms with van der Waals surface area (Å²) in [4.78, 5) is 24.9. The van der Waals surface area contributed by atoms with Gasteiger partial charge in [-0.05, 0) is 36.8 Å². The highest BCUT2D eigenvalue weighted by atomic mass is 35.5. The Bertz CT molecular complexity index is 1170. The van der Waals surface area contributed by atoms with Crippen LogP contribution in [0.2, 0.25) is 10.0 Å². The van der Waals surface area contributed by atoms with Crippen LogP contribution in [0, 0.1) is 24.2 Å². The molecule has 0 saturated heterocycles. The molecule has 0 aliphatic heterocycles. The van der Waals surface area contributed by atoms with E-state index in [9.17, 15) is 14.9 Å². The Labute approximate surface area is 196 Å². The number of ketones is 2. The number of nitrogens with zero attached hydrogens (tertiary/aromatic N) is 1. The lowest BCUT2D eigenvalue weighted by atomic mass is 9.93. The normalized spacial score (nSPS) is 11.3. The quantitative estimate of drug-likeness (QED) is 0.266. The van der Waals surface area contributed by atoms with Crippen LogP contribution in [0.15, 0.2) is 66.7 Å². The number of nitriles is 1. The molecule has 0 amide bonds. The second-order valence-electron chi connectivity index (χ2n) is 6.99. The largest absolute Gasteiger partial charge is 0.491 e. The van der Waals surface area contributed by atoms with Crippen molar-refractivity contribution in [2.75, 3.05) is 6.61 Å². The van der Waals surface area contributed by atoms with Crippen molar-refractivity contribution in [2.24, 2.45) is 5.92 Å². The van der Waals surface area contributed by atoms with Crippen molar-refractivity contribution in [1.82, 2.24) is 0 Å². The number of carbonyl (C=O) groups is 2. The smallest absolute Gasteiger partial charge is 0.187 e. The first-order valence-corrected chi connectivity index (χ1v) is 10.5. The predicted octanol–water partition coefficient (Wildman–Crippen LogP) is 6.45. The average molecular weight is 468 g/mol. The fourth-order valence-electron chi connectivity index (χ4n) is 2.93. The summed E-state index contributed by atoms with van der Waals surface area (Å²) in [5, 5.41) is 10.1. The van der Waals surface area contributed by atoms with Crippen LogP contribution in [0.4, 0.5) is 0 Å². The van der Waals surface area contributed by atoms with E-state index in [1.165, 1.54) is 0 Å². The summed E-state index contributed by atoms with van der Waals surface area (Å²) in [6, 6.07) is 20.3. The van der Waals surface area contributed by atoms with E-state index in [4.69, 9.17) is 32.7 Å². The monoisotopic (exact) mass is 467 g/mol. The van der Waals surface area contributed by atoms with Crippen molar-refractivity contribution >= 4 is 34.8 Å². The maximum absolute atomic E-state index is 12.4. The summed E-state index contributed by atoms with van der Waals surface area (Å²) in [6.07, 6.45) is -0.123. The molecule has 1 atom stereocenters. The molecule has 7 heteroatoms. The predicted molar refractivity (Wildman–Crippen MR) is 123 cm³/mol. The summed E-state index contributed by atoms with van der Waals surface area (Å²) in [6.45, 7) is 1.88. The van der Waals surface area contributed by atoms with Crippen molar-refractivity contribution < 1.29 is 19.1 Å². The van der Waals surface area contributed by atoms with Crippen LogP contribution < -0.4 is 9.47 Å². The highest BCUT2D eigenvalue weighted by molar-refractivity contribution is 6.32. The molecule has 0 aliphatic carbocycles. The Morgan fingerprint density at radius 2 is 1.72 bits per heavy atom. The maximum atomic E-state index is 12.4.